The average molecular weight is 372 g/mol. The first-order chi connectivity index (χ1) is 10.9. The normalized spacial score (nSPS) is 16.3. The van der Waals surface area contributed by atoms with Crippen molar-refractivity contribution in [3.63, 3.8) is 0 Å². The van der Waals surface area contributed by atoms with Crippen LogP contribution in [0.5, 0.6) is 0 Å². The average Bonchev–Trinajstić information content (AvgIpc) is 2.96. The highest BCUT2D eigenvalue weighted by molar-refractivity contribution is 7.97. The van der Waals surface area contributed by atoms with Crippen molar-refractivity contribution in [3.8, 4) is 0 Å². The van der Waals surface area contributed by atoms with Crippen molar-refractivity contribution >= 4 is 45.4 Å². The van der Waals surface area contributed by atoms with Crippen LogP contribution < -0.4 is 9.44 Å². The number of allylic oxidation sites excluding steroid dienone is 2. The molecule has 2 aliphatic heterocycles. The zero-order chi connectivity index (χ0) is 16.6. The number of hydrogen-bond donors (Lipinski definition) is 3. The van der Waals surface area contributed by atoms with Gasteiger partial charge in [-0.05, 0) is 30.4 Å². The molecule has 3 N–H and O–H groups in total. The first-order valence-electron chi connectivity index (χ1n) is 6.25. The van der Waals surface area contributed by atoms with E-state index >= 15 is 0 Å². The fraction of sp³-hybridized carbons (Fsp3) is 0. The predicted molar refractivity (Wildman–Crippen MR) is 88.8 cm³/mol. The molecular weight excluding hydrogens is 362 g/mol. The monoisotopic (exact) mass is 371 g/mol. The number of halogens is 1. The van der Waals surface area contributed by atoms with E-state index < -0.39 is 16.0 Å². The highest BCUT2D eigenvalue weighted by Crippen LogP contribution is 2.34. The zero-order valence-electron chi connectivity index (χ0n) is 11.4. The zero-order valence-corrected chi connectivity index (χ0v) is 13.7. The van der Waals surface area contributed by atoms with Crippen molar-refractivity contribution in [3.05, 3.63) is 63.9 Å². The molecule has 0 radical (unpaired) electrons. The van der Waals surface area contributed by atoms with Gasteiger partial charge in [-0.25, -0.2) is 13.2 Å². The van der Waals surface area contributed by atoms with Crippen LogP contribution in [0.2, 0.25) is 5.02 Å². The molecule has 0 unspecified atom stereocenters. The van der Waals surface area contributed by atoms with E-state index in [1.54, 1.807) is 22.8 Å². The number of nitrogens with one attached hydrogen (secondary N) is 2. The number of nitrogens with zero attached hydrogens (tertiary/aromatic N) is 1. The van der Waals surface area contributed by atoms with Crippen molar-refractivity contribution in [2.45, 2.75) is 0 Å². The molecule has 10 heteroatoms. The molecule has 2 aliphatic rings. The summed E-state index contributed by atoms with van der Waals surface area (Å²) in [6, 6.07) is 3.92. The van der Waals surface area contributed by atoms with Gasteiger partial charge in [0.2, 0.25) is 0 Å². The molecule has 1 aromatic carbocycles. The summed E-state index contributed by atoms with van der Waals surface area (Å²) in [4.78, 5) is 11.3. The molecule has 0 spiro atoms. The Morgan fingerprint density at radius 3 is 2.91 bits per heavy atom. The summed E-state index contributed by atoms with van der Waals surface area (Å²) in [6.45, 7) is 0. The van der Waals surface area contributed by atoms with Crippen LogP contribution in [0.4, 0.5) is 5.69 Å². The largest absolute Gasteiger partial charge is 0.478 e. The Hall–Kier alpha value is -2.10. The van der Waals surface area contributed by atoms with E-state index in [1.807, 2.05) is 0 Å². The molecule has 1 aromatic rings. The van der Waals surface area contributed by atoms with E-state index in [-0.39, 0.29) is 21.2 Å². The van der Waals surface area contributed by atoms with Crippen LogP contribution in [-0.2, 0) is 10.0 Å². The second-order valence-corrected chi connectivity index (χ2v) is 7.44. The third-order valence-corrected chi connectivity index (χ3v) is 5.44. The summed E-state index contributed by atoms with van der Waals surface area (Å²) in [6.07, 6.45) is 6.29. The first-order valence-corrected chi connectivity index (χ1v) is 8.88. The number of carboxylic acid groups (broad SMARTS) is 1. The fourth-order valence-corrected chi connectivity index (χ4v) is 4.20. The molecule has 0 amide bonds. The van der Waals surface area contributed by atoms with E-state index in [4.69, 9.17) is 11.6 Å². The first kappa shape index (κ1) is 15.8. The number of rotatable bonds is 4. The molecule has 23 heavy (non-hydrogen) atoms. The maximum absolute atomic E-state index is 12.6. The maximum Gasteiger partial charge on any atom is 0.337 e. The third-order valence-electron chi connectivity index (χ3n) is 3.05. The third kappa shape index (κ3) is 3.03. The van der Waals surface area contributed by atoms with Crippen molar-refractivity contribution in [1.82, 2.24) is 9.03 Å². The van der Waals surface area contributed by atoms with Gasteiger partial charge in [-0.2, -0.15) is 0 Å². The lowest BCUT2D eigenvalue weighted by Gasteiger charge is -2.21. The summed E-state index contributed by atoms with van der Waals surface area (Å²) in [5, 5.41) is 9.40. The molecule has 120 valence electrons. The highest BCUT2D eigenvalue weighted by Gasteiger charge is 2.30. The Morgan fingerprint density at radius 1 is 1.39 bits per heavy atom. The van der Waals surface area contributed by atoms with Gasteiger partial charge in [-0.15, -0.1) is 0 Å². The van der Waals surface area contributed by atoms with Crippen LogP contribution in [0.25, 0.3) is 0 Å². The quantitative estimate of drug-likeness (QED) is 0.699. The Bertz CT molecular complexity index is 877. The molecule has 0 fully saturated rings. The van der Waals surface area contributed by atoms with Gasteiger partial charge >= 0.3 is 5.97 Å². The summed E-state index contributed by atoms with van der Waals surface area (Å²) >= 11 is 6.99. The molecule has 7 nitrogen and oxygen atoms in total. The smallest absolute Gasteiger partial charge is 0.337 e. The van der Waals surface area contributed by atoms with Gasteiger partial charge in [0.05, 0.1) is 29.1 Å². The minimum absolute atomic E-state index is 0.0313. The molecule has 0 bridgehead atoms. The highest BCUT2D eigenvalue weighted by atomic mass is 35.5. The summed E-state index contributed by atoms with van der Waals surface area (Å²) in [7, 11) is -3.97. The second-order valence-electron chi connectivity index (χ2n) is 4.54. The van der Waals surface area contributed by atoms with E-state index in [0.717, 1.165) is 0 Å². The number of fused-ring (bicyclic) bond motifs is 1. The standard InChI is InChI=1S/C13H10ClN3O4S2/c14-8-3-4-10(9(6-8)13(18)19)16-23(20,21)12-2-1-5-17-11(12)7-15-22-17/h1-7,15-16H,(H,18,19). The molecule has 0 saturated heterocycles. The number of carboxylic acids is 1. The molecule has 0 atom stereocenters. The van der Waals surface area contributed by atoms with Crippen molar-refractivity contribution in [2.24, 2.45) is 0 Å². The molecular formula is C13H10ClN3O4S2. The predicted octanol–water partition coefficient (Wildman–Crippen LogP) is 2.50. The Balaban J connectivity index is 1.98. The fourth-order valence-electron chi connectivity index (χ4n) is 2.05. The van der Waals surface area contributed by atoms with Crippen LogP contribution in [0.1, 0.15) is 10.4 Å². The topological polar surface area (TPSA) is 98.7 Å². The SMILES string of the molecule is O=C(O)c1cc(Cl)ccc1NS(=O)(=O)C1=CC=CN2SNC=C12. The Labute approximate surface area is 141 Å². The van der Waals surface area contributed by atoms with Crippen molar-refractivity contribution in [1.29, 1.82) is 0 Å². The van der Waals surface area contributed by atoms with Gasteiger partial charge in [-0.1, -0.05) is 11.6 Å². The number of carbonyl (C=O) groups is 1. The molecule has 0 aliphatic carbocycles. The number of benzene rings is 1. The molecule has 0 saturated carbocycles. The molecule has 2 heterocycles. The summed E-state index contributed by atoms with van der Waals surface area (Å²) in [5.74, 6) is -1.28. The lowest BCUT2D eigenvalue weighted by molar-refractivity contribution is 0.0698. The van der Waals surface area contributed by atoms with Crippen LogP contribution in [-0.4, -0.2) is 23.8 Å². The van der Waals surface area contributed by atoms with Crippen LogP contribution in [0.3, 0.4) is 0 Å². The Morgan fingerprint density at radius 2 is 2.17 bits per heavy atom. The van der Waals surface area contributed by atoms with E-state index in [1.165, 1.54) is 36.4 Å². The van der Waals surface area contributed by atoms with E-state index in [9.17, 15) is 18.3 Å². The molecule has 0 aromatic heterocycles. The lowest BCUT2D eigenvalue weighted by atomic mass is 10.2. The number of anilines is 1. The van der Waals surface area contributed by atoms with Gasteiger partial charge in [0.25, 0.3) is 10.0 Å². The van der Waals surface area contributed by atoms with Crippen LogP contribution >= 0.6 is 23.7 Å². The van der Waals surface area contributed by atoms with E-state index in [2.05, 4.69) is 9.44 Å². The van der Waals surface area contributed by atoms with Crippen molar-refractivity contribution < 1.29 is 18.3 Å². The van der Waals surface area contributed by atoms with Gasteiger partial charge in [0, 0.05) is 17.4 Å². The number of sulfonamides is 1. The van der Waals surface area contributed by atoms with Crippen LogP contribution in [0.15, 0.2) is 53.4 Å². The van der Waals surface area contributed by atoms with Gasteiger partial charge in [-0.3, -0.25) is 9.03 Å². The second kappa shape index (κ2) is 5.84. The summed E-state index contributed by atoms with van der Waals surface area (Å²) in [5.41, 5.74) is 0.178. The number of hydrogen-bond acceptors (Lipinski definition) is 6. The maximum atomic E-state index is 12.6. The van der Waals surface area contributed by atoms with Crippen molar-refractivity contribution in [2.75, 3.05) is 4.72 Å². The van der Waals surface area contributed by atoms with Gasteiger partial charge < -0.3 is 9.83 Å². The number of aromatic carboxylic acids is 1. The minimum Gasteiger partial charge on any atom is -0.478 e. The van der Waals surface area contributed by atoms with Crippen LogP contribution in [0, 0.1) is 0 Å². The Kier molecular flexibility index (Phi) is 4.00. The molecule has 3 rings (SSSR count). The minimum atomic E-state index is -3.97. The van der Waals surface area contributed by atoms with E-state index in [0.29, 0.717) is 5.70 Å². The summed E-state index contributed by atoms with van der Waals surface area (Å²) < 4.78 is 32.0. The van der Waals surface area contributed by atoms with Gasteiger partial charge in [0.1, 0.15) is 4.91 Å². The lowest BCUT2D eigenvalue weighted by Crippen LogP contribution is -2.22. The van der Waals surface area contributed by atoms with Gasteiger partial charge in [0.15, 0.2) is 0 Å².